The largest absolute Gasteiger partial charge is 0.455 e. The lowest BCUT2D eigenvalue weighted by molar-refractivity contribution is 0.670. The third kappa shape index (κ3) is 4.69. The molecule has 54 heavy (non-hydrogen) atoms. The zero-order chi connectivity index (χ0) is 40.8. The minimum absolute atomic E-state index is 0.0185. The van der Waals surface area contributed by atoms with E-state index in [9.17, 15) is 1.37 Å². The van der Waals surface area contributed by atoms with Crippen molar-refractivity contribution >= 4 is 54.5 Å². The van der Waals surface area contributed by atoms with Gasteiger partial charge >= 0.3 is 0 Å². The summed E-state index contributed by atoms with van der Waals surface area (Å²) in [7, 11) is 0. The second-order valence-corrected chi connectivity index (χ2v) is 13.1. The highest BCUT2D eigenvalue weighted by Gasteiger charge is 2.24. The molecule has 3 aromatic heterocycles. The number of benzene rings is 8. The van der Waals surface area contributed by atoms with Gasteiger partial charge in [-0.1, -0.05) is 158 Å². The van der Waals surface area contributed by atoms with E-state index >= 15 is 0 Å². The highest BCUT2D eigenvalue weighted by Crippen LogP contribution is 2.44. The fraction of sp³-hybridized carbons (Fsp3) is 0. The van der Waals surface area contributed by atoms with E-state index in [1.54, 1.807) is 0 Å². The topological polar surface area (TPSA) is 56.7 Å². The zero-order valence-corrected chi connectivity index (χ0v) is 28.6. The molecule has 5 heteroatoms. The van der Waals surface area contributed by atoms with Crippen LogP contribution in [0.15, 0.2) is 186 Å². The molecule has 0 N–H and O–H groups in total. The van der Waals surface area contributed by atoms with Crippen LogP contribution in [0.5, 0.6) is 0 Å². The van der Waals surface area contributed by atoms with Crippen LogP contribution >= 0.6 is 0 Å². The van der Waals surface area contributed by atoms with Crippen LogP contribution in [-0.4, -0.2) is 19.5 Å². The van der Waals surface area contributed by atoms with Crippen LogP contribution in [-0.2, 0) is 0 Å². The third-order valence-electron chi connectivity index (χ3n) is 10.0. The Morgan fingerprint density at radius 3 is 1.85 bits per heavy atom. The van der Waals surface area contributed by atoms with Crippen LogP contribution in [0.2, 0.25) is 0 Å². The van der Waals surface area contributed by atoms with Crippen molar-refractivity contribution in [2.75, 3.05) is 0 Å². The Morgan fingerprint density at radius 1 is 0.426 bits per heavy atom. The van der Waals surface area contributed by atoms with E-state index < -0.39 is 0 Å². The van der Waals surface area contributed by atoms with Crippen molar-refractivity contribution in [2.45, 2.75) is 0 Å². The summed E-state index contributed by atoms with van der Waals surface area (Å²) in [6.45, 7) is 0. The molecular weight excluding hydrogens is 661 g/mol. The average Bonchev–Trinajstić information content (AvgIpc) is 3.85. The molecule has 0 atom stereocenters. The molecular formula is C49H30N4O. The van der Waals surface area contributed by atoms with Gasteiger partial charge < -0.3 is 8.98 Å². The number of fused-ring (bicyclic) bond motifs is 7. The van der Waals surface area contributed by atoms with Gasteiger partial charge in [0.05, 0.1) is 24.9 Å². The summed E-state index contributed by atoms with van der Waals surface area (Å²) in [5.74, 6) is 1.30. The summed E-state index contributed by atoms with van der Waals surface area (Å²) in [6, 6.07) is 45.5. The van der Waals surface area contributed by atoms with Crippen LogP contribution in [0.4, 0.5) is 0 Å². The molecule has 0 aliphatic heterocycles. The molecule has 0 saturated heterocycles. The van der Waals surface area contributed by atoms with Gasteiger partial charge in [-0.3, -0.25) is 0 Å². The van der Waals surface area contributed by atoms with E-state index in [1.807, 2.05) is 109 Å². The van der Waals surface area contributed by atoms with Crippen molar-refractivity contribution < 1.29 is 12.6 Å². The molecule has 0 fully saturated rings. The molecule has 0 aliphatic carbocycles. The van der Waals surface area contributed by atoms with Gasteiger partial charge in [-0.2, -0.15) is 0 Å². The minimum atomic E-state index is -0.371. The van der Waals surface area contributed by atoms with Crippen molar-refractivity contribution in [1.29, 1.82) is 0 Å². The van der Waals surface area contributed by atoms with Gasteiger partial charge in [-0.25, -0.2) is 15.0 Å². The Labute approximate surface area is 318 Å². The maximum Gasteiger partial charge on any atom is 0.166 e. The van der Waals surface area contributed by atoms with Gasteiger partial charge in [-0.05, 0) is 35.0 Å². The van der Waals surface area contributed by atoms with Crippen molar-refractivity contribution in [3.05, 3.63) is 182 Å². The second kappa shape index (κ2) is 12.1. The predicted octanol–water partition coefficient (Wildman–Crippen LogP) is 12.7. The molecule has 0 spiro atoms. The highest BCUT2D eigenvalue weighted by atomic mass is 16.3. The first kappa shape index (κ1) is 24.8. The fourth-order valence-corrected chi connectivity index (χ4v) is 7.64. The van der Waals surface area contributed by atoms with Crippen LogP contribution < -0.4 is 0 Å². The van der Waals surface area contributed by atoms with Crippen molar-refractivity contribution in [3.63, 3.8) is 0 Å². The number of rotatable bonds is 5. The number of hydrogen-bond donors (Lipinski definition) is 0. The molecule has 0 radical (unpaired) electrons. The van der Waals surface area contributed by atoms with Crippen molar-refractivity contribution in [3.8, 4) is 51.0 Å². The lowest BCUT2D eigenvalue weighted by Gasteiger charge is -2.19. The number of furan rings is 1. The van der Waals surface area contributed by atoms with Crippen molar-refractivity contribution in [2.24, 2.45) is 0 Å². The van der Waals surface area contributed by atoms with Gasteiger partial charge in [0.2, 0.25) is 0 Å². The molecule has 0 bridgehead atoms. The summed E-state index contributed by atoms with van der Waals surface area (Å²) < 4.78 is 62.3. The van der Waals surface area contributed by atoms with Gasteiger partial charge in [-0.15, -0.1) is 0 Å². The standard InChI is InChI=1S/C49H30N4O/c1-2-16-32(17-3-1)47-50-48(40-26-12-18-31-15-4-5-19-33(31)40)52-49(51-47)41-27-13-23-37(39-25-14-24-38-36-22-8-11-30-44(36)54-46(38)39)45(41)53-42-28-9-6-20-34(42)35-21-7-10-29-43(35)53/h1-30H/i8D,14D,22D,24D,25D,30D. The smallest absolute Gasteiger partial charge is 0.166 e. The van der Waals surface area contributed by atoms with Crippen LogP contribution in [0.1, 0.15) is 8.22 Å². The molecule has 3 heterocycles. The number of hydrogen-bond acceptors (Lipinski definition) is 4. The first-order valence-electron chi connectivity index (χ1n) is 20.6. The maximum atomic E-state index is 9.52. The Morgan fingerprint density at radius 2 is 1.04 bits per heavy atom. The molecule has 0 saturated carbocycles. The molecule has 8 aromatic carbocycles. The van der Waals surface area contributed by atoms with E-state index in [0.717, 1.165) is 43.7 Å². The molecule has 0 unspecified atom stereocenters. The molecule has 252 valence electrons. The summed E-state index contributed by atoms with van der Waals surface area (Å²) in [4.78, 5) is 15.5. The van der Waals surface area contributed by atoms with E-state index in [-0.39, 0.29) is 63.8 Å². The molecule has 5 nitrogen and oxygen atoms in total. The highest BCUT2D eigenvalue weighted by molar-refractivity contribution is 6.13. The van der Waals surface area contributed by atoms with E-state index in [4.69, 9.17) is 26.2 Å². The normalized spacial score (nSPS) is 13.3. The van der Waals surface area contributed by atoms with E-state index in [1.165, 1.54) is 6.07 Å². The first-order valence-corrected chi connectivity index (χ1v) is 17.6. The molecule has 0 amide bonds. The van der Waals surface area contributed by atoms with Gasteiger partial charge in [0.15, 0.2) is 17.5 Å². The maximum absolute atomic E-state index is 9.52. The SMILES string of the molecule is [2H]c1cc([2H])c2oc3c(-c4cccc(-c5nc(-c6ccccc6)nc(-c6cccc7ccccc67)n5)c4-n4c5ccccc5c5ccccc54)c([2H])c([2H])c([2H])c3c2c1[2H]. The van der Waals surface area contributed by atoms with Crippen LogP contribution in [0, 0.1) is 0 Å². The number of nitrogens with zero attached hydrogens (tertiary/aromatic N) is 4. The predicted molar refractivity (Wildman–Crippen MR) is 221 cm³/mol. The molecule has 11 aromatic rings. The summed E-state index contributed by atoms with van der Waals surface area (Å²) in [5, 5.41) is 4.22. The second-order valence-electron chi connectivity index (χ2n) is 13.1. The first-order chi connectivity index (χ1) is 29.3. The lowest BCUT2D eigenvalue weighted by atomic mass is 9.97. The van der Waals surface area contributed by atoms with Crippen LogP contribution in [0.25, 0.3) is 105 Å². The zero-order valence-electron chi connectivity index (χ0n) is 34.6. The van der Waals surface area contributed by atoms with Crippen LogP contribution in [0.3, 0.4) is 0 Å². The summed E-state index contributed by atoms with van der Waals surface area (Å²) >= 11 is 0. The molecule has 0 aliphatic rings. The molecule has 11 rings (SSSR count). The Bertz CT molecular complexity index is 3520. The number of aromatic nitrogens is 4. The third-order valence-corrected chi connectivity index (χ3v) is 10.0. The van der Waals surface area contributed by atoms with E-state index in [0.29, 0.717) is 34.3 Å². The van der Waals surface area contributed by atoms with Gasteiger partial charge in [0.25, 0.3) is 0 Å². The Balaban J connectivity index is 1.32. The average molecular weight is 697 g/mol. The van der Waals surface area contributed by atoms with E-state index in [2.05, 4.69) is 34.9 Å². The minimum Gasteiger partial charge on any atom is -0.455 e. The summed E-state index contributed by atoms with van der Waals surface area (Å²) in [6.07, 6.45) is 0. The van der Waals surface area contributed by atoms with Gasteiger partial charge in [0.1, 0.15) is 11.2 Å². The fourth-order valence-electron chi connectivity index (χ4n) is 7.64. The monoisotopic (exact) mass is 696 g/mol. The quantitative estimate of drug-likeness (QED) is 0.180. The van der Waals surface area contributed by atoms with Gasteiger partial charge in [0, 0.05) is 49.4 Å². The Kier molecular flexibility index (Phi) is 5.55. The lowest BCUT2D eigenvalue weighted by Crippen LogP contribution is -2.05. The Hall–Kier alpha value is -7.37. The van der Waals surface area contributed by atoms with Crippen molar-refractivity contribution in [1.82, 2.24) is 19.5 Å². The summed E-state index contributed by atoms with van der Waals surface area (Å²) in [5.41, 5.74) is 5.35. The number of para-hydroxylation sites is 5.